The topological polar surface area (TPSA) is 102 Å². The predicted octanol–water partition coefficient (Wildman–Crippen LogP) is 9.13. The van der Waals surface area contributed by atoms with Gasteiger partial charge in [0.05, 0.1) is 52.2 Å². The first-order valence-corrected chi connectivity index (χ1v) is 24.4. The monoisotopic (exact) mass is 757 g/mol. The second-order valence-corrected chi connectivity index (χ2v) is 27.9. The molecule has 0 aliphatic heterocycles. The fourth-order valence-corrected chi connectivity index (χ4v) is 8.59. The summed E-state index contributed by atoms with van der Waals surface area (Å²) in [6.45, 7) is 28.4. The average molecular weight is 758 g/mol. The first-order chi connectivity index (χ1) is 23.9. The van der Waals surface area contributed by atoms with Gasteiger partial charge in [-0.1, -0.05) is 102 Å². The molecule has 3 rings (SSSR count). The van der Waals surface area contributed by atoms with E-state index in [1.165, 1.54) is 7.11 Å². The third-order valence-corrected chi connectivity index (χ3v) is 20.1. The molecule has 1 amide bonds. The van der Waals surface area contributed by atoms with Crippen LogP contribution in [-0.4, -0.2) is 72.9 Å². The Hall–Kier alpha value is -2.55. The minimum Gasteiger partial charge on any atom is -0.469 e. The van der Waals surface area contributed by atoms with E-state index >= 15 is 0 Å². The summed E-state index contributed by atoms with van der Waals surface area (Å²) in [4.78, 5) is 28.5. The normalized spacial score (nSPS) is 23.0. The smallest absolute Gasteiger partial charge is 0.408 e. The molecule has 0 radical (unpaired) electrons. The molecular weight excluding hydrogens is 691 g/mol. The molecule has 0 bridgehead atoms. The molecular formula is C41H67NO8Si2. The zero-order valence-corrected chi connectivity index (χ0v) is 36.4. The SMILES string of the molecule is COC(=O)[C@@H]1[C@H](COCc2ccccc2)[C@@H](COCc2ccccc2)[C@H](O[Si](C)(C)C(C)(C)C)[C@@]1(CO[Si](C)(C)C(C)(C)C)NC(=O)OC(C)(C)C. The van der Waals surface area contributed by atoms with Crippen molar-refractivity contribution in [1.29, 1.82) is 0 Å². The maximum absolute atomic E-state index is 14.4. The molecule has 1 fully saturated rings. The number of carbonyl (C=O) groups is 2. The molecule has 1 saturated carbocycles. The molecule has 0 spiro atoms. The largest absolute Gasteiger partial charge is 0.469 e. The number of benzene rings is 2. The van der Waals surface area contributed by atoms with Crippen LogP contribution in [0.3, 0.4) is 0 Å². The molecule has 0 heterocycles. The molecule has 9 nitrogen and oxygen atoms in total. The van der Waals surface area contributed by atoms with Crippen molar-refractivity contribution in [3.05, 3.63) is 71.8 Å². The van der Waals surface area contributed by atoms with Crippen LogP contribution in [0.25, 0.3) is 0 Å². The van der Waals surface area contributed by atoms with Crippen LogP contribution in [0.15, 0.2) is 60.7 Å². The van der Waals surface area contributed by atoms with Gasteiger partial charge in [0.2, 0.25) is 0 Å². The lowest BCUT2D eigenvalue weighted by molar-refractivity contribution is -0.152. The van der Waals surface area contributed by atoms with Crippen LogP contribution in [0.4, 0.5) is 4.79 Å². The number of carbonyl (C=O) groups excluding carboxylic acids is 2. The van der Waals surface area contributed by atoms with E-state index in [9.17, 15) is 9.59 Å². The van der Waals surface area contributed by atoms with E-state index in [-0.39, 0.29) is 29.9 Å². The minimum absolute atomic E-state index is 0.0200. The minimum atomic E-state index is -2.59. The Morgan fingerprint density at radius 3 is 1.60 bits per heavy atom. The van der Waals surface area contributed by atoms with E-state index in [0.29, 0.717) is 13.2 Å². The second kappa shape index (κ2) is 17.3. The molecule has 2 aromatic carbocycles. The molecule has 292 valence electrons. The highest BCUT2D eigenvalue weighted by Crippen LogP contribution is 2.52. The van der Waals surface area contributed by atoms with Crippen LogP contribution in [0.5, 0.6) is 0 Å². The van der Waals surface area contributed by atoms with Crippen molar-refractivity contribution in [2.45, 2.75) is 129 Å². The van der Waals surface area contributed by atoms with Crippen molar-refractivity contribution >= 4 is 28.7 Å². The summed E-state index contributed by atoms with van der Waals surface area (Å²) in [5.74, 6) is -2.25. The molecule has 11 heteroatoms. The van der Waals surface area contributed by atoms with E-state index in [0.717, 1.165) is 11.1 Å². The summed E-state index contributed by atoms with van der Waals surface area (Å²) in [6.07, 6.45) is -1.37. The Morgan fingerprint density at radius 2 is 1.17 bits per heavy atom. The highest BCUT2D eigenvalue weighted by Gasteiger charge is 2.67. The highest BCUT2D eigenvalue weighted by molar-refractivity contribution is 6.74. The Kier molecular flexibility index (Phi) is 14.6. The standard InChI is InChI=1S/C41H67NO8Si2/c1-38(2,3)49-37(44)42-41(29-48-51(11,12)39(4,5)6)34(36(43)45-10)32(27-46-25-30-21-17-15-18-22-30)33(28-47-26-31-23-19-16-20-24-31)35(41)50-52(13,14)40(7,8)9/h15-24,32-35H,25-29H2,1-14H3,(H,42,44)/t32-,33-,34+,35+,41+/m1/s1. The highest BCUT2D eigenvalue weighted by atomic mass is 28.4. The molecule has 1 aliphatic rings. The van der Waals surface area contributed by atoms with Crippen molar-refractivity contribution < 1.29 is 37.4 Å². The Bertz CT molecular complexity index is 1430. The van der Waals surface area contributed by atoms with Gasteiger partial charge < -0.3 is 33.1 Å². The maximum atomic E-state index is 14.4. The number of ether oxygens (including phenoxy) is 4. The predicted molar refractivity (Wildman–Crippen MR) is 212 cm³/mol. The number of methoxy groups -OCH3 is 1. The Balaban J connectivity index is 2.28. The summed E-state index contributed by atoms with van der Waals surface area (Å²) in [5.41, 5.74) is -0.136. The van der Waals surface area contributed by atoms with Crippen LogP contribution >= 0.6 is 0 Å². The van der Waals surface area contributed by atoms with Crippen molar-refractivity contribution in [3.63, 3.8) is 0 Å². The van der Waals surface area contributed by atoms with Crippen molar-refractivity contribution in [3.8, 4) is 0 Å². The fourth-order valence-electron chi connectivity index (χ4n) is 6.18. The second-order valence-electron chi connectivity index (χ2n) is 18.3. The number of esters is 1. The van der Waals surface area contributed by atoms with E-state index in [4.69, 9.17) is 27.8 Å². The van der Waals surface area contributed by atoms with Gasteiger partial charge >= 0.3 is 12.1 Å². The lowest BCUT2D eigenvalue weighted by Crippen LogP contribution is -2.67. The molecule has 5 atom stereocenters. The molecule has 1 N–H and O–H groups in total. The lowest BCUT2D eigenvalue weighted by atomic mass is 9.82. The number of amides is 1. The van der Waals surface area contributed by atoms with E-state index < -0.39 is 63.7 Å². The van der Waals surface area contributed by atoms with Crippen LogP contribution < -0.4 is 5.32 Å². The molecule has 0 aromatic heterocycles. The molecule has 1 aliphatic carbocycles. The third-order valence-electron chi connectivity index (χ3n) is 11.2. The first kappa shape index (κ1) is 43.9. The number of rotatable bonds is 15. The third kappa shape index (κ3) is 11.2. The Morgan fingerprint density at radius 1 is 0.712 bits per heavy atom. The number of hydrogen-bond acceptors (Lipinski definition) is 8. The van der Waals surface area contributed by atoms with Gasteiger partial charge in [0.1, 0.15) is 11.1 Å². The fraction of sp³-hybridized carbons (Fsp3) is 0.659. The molecule has 0 saturated heterocycles. The van der Waals surface area contributed by atoms with Crippen LogP contribution in [-0.2, 0) is 45.8 Å². The summed E-state index contributed by atoms with van der Waals surface area (Å²) < 4.78 is 39.0. The number of hydrogen-bond donors (Lipinski definition) is 1. The van der Waals surface area contributed by atoms with Gasteiger partial charge in [0.25, 0.3) is 0 Å². The van der Waals surface area contributed by atoms with E-state index in [2.05, 4.69) is 73.0 Å². The molecule has 2 aromatic rings. The van der Waals surface area contributed by atoms with Gasteiger partial charge in [0.15, 0.2) is 16.6 Å². The van der Waals surface area contributed by atoms with Gasteiger partial charge in [-0.05, 0) is 68.2 Å². The van der Waals surface area contributed by atoms with Crippen molar-refractivity contribution in [2.24, 2.45) is 17.8 Å². The summed E-state index contributed by atoms with van der Waals surface area (Å²) in [7, 11) is -3.65. The number of nitrogens with one attached hydrogen (secondary N) is 1. The van der Waals surface area contributed by atoms with Crippen molar-refractivity contribution in [2.75, 3.05) is 26.9 Å². The first-order valence-electron chi connectivity index (χ1n) is 18.6. The quantitative estimate of drug-likeness (QED) is 0.142. The van der Waals surface area contributed by atoms with E-state index in [1.54, 1.807) is 0 Å². The zero-order valence-electron chi connectivity index (χ0n) is 34.4. The van der Waals surface area contributed by atoms with E-state index in [1.807, 2.05) is 81.4 Å². The number of alkyl carbamates (subject to hydrolysis) is 1. The molecule has 52 heavy (non-hydrogen) atoms. The molecule has 0 unspecified atom stereocenters. The maximum Gasteiger partial charge on any atom is 0.408 e. The summed E-state index contributed by atoms with van der Waals surface area (Å²) >= 11 is 0. The lowest BCUT2D eigenvalue weighted by Gasteiger charge is -2.48. The van der Waals surface area contributed by atoms with Crippen LogP contribution in [0.2, 0.25) is 36.3 Å². The summed E-state index contributed by atoms with van der Waals surface area (Å²) in [5, 5.41) is 2.92. The summed E-state index contributed by atoms with van der Waals surface area (Å²) in [6, 6.07) is 19.9. The van der Waals surface area contributed by atoms with Crippen LogP contribution in [0.1, 0.15) is 73.4 Å². The average Bonchev–Trinajstić information content (AvgIpc) is 3.26. The van der Waals surface area contributed by atoms with Gasteiger partial charge in [-0.2, -0.15) is 0 Å². The van der Waals surface area contributed by atoms with Gasteiger partial charge in [-0.3, -0.25) is 4.79 Å². The van der Waals surface area contributed by atoms with Gasteiger partial charge in [0, 0.05) is 11.8 Å². The van der Waals surface area contributed by atoms with Gasteiger partial charge in [-0.15, -0.1) is 0 Å². The van der Waals surface area contributed by atoms with Crippen LogP contribution in [0, 0.1) is 17.8 Å². The zero-order chi connectivity index (χ0) is 39.2. The Labute approximate surface area is 316 Å². The van der Waals surface area contributed by atoms with Crippen molar-refractivity contribution in [1.82, 2.24) is 5.32 Å². The van der Waals surface area contributed by atoms with Gasteiger partial charge in [-0.25, -0.2) is 4.79 Å².